The molecular weight excluding hydrogens is 608 g/mol. The lowest BCUT2D eigenvalue weighted by Gasteiger charge is -2.46. The van der Waals surface area contributed by atoms with Crippen molar-refractivity contribution in [3.8, 4) is 0 Å². The minimum Gasteiger partial charge on any atom is -0.480 e. The van der Waals surface area contributed by atoms with Gasteiger partial charge in [-0.05, 0) is 0 Å². The monoisotopic (exact) mass is 650 g/mol. The third kappa shape index (κ3) is 9.40. The zero-order valence-corrected chi connectivity index (χ0v) is 23.4. The molecular formula is C24H42O20. The fraction of sp³-hybridized carbons (Fsp3) is 0.958. The zero-order valence-electron chi connectivity index (χ0n) is 23.4. The number of aliphatic hydroxyl groups is 10. The van der Waals surface area contributed by atoms with Crippen LogP contribution in [0.5, 0.6) is 0 Å². The molecule has 0 bridgehead atoms. The van der Waals surface area contributed by atoms with Crippen molar-refractivity contribution in [2.75, 3.05) is 52.9 Å². The Labute approximate surface area is 250 Å². The molecule has 3 rings (SSSR count). The number of hydrogen-bond donors (Lipinski definition) is 11. The molecule has 3 heterocycles. The Morgan fingerprint density at radius 1 is 0.545 bits per heavy atom. The molecule has 0 unspecified atom stereocenters. The van der Waals surface area contributed by atoms with Gasteiger partial charge >= 0.3 is 5.97 Å². The minimum absolute atomic E-state index is 0.0157. The molecule has 0 amide bonds. The highest BCUT2D eigenvalue weighted by Gasteiger charge is 2.52. The Morgan fingerprint density at radius 3 is 1.64 bits per heavy atom. The van der Waals surface area contributed by atoms with Gasteiger partial charge in [-0.25, -0.2) is 4.79 Å². The molecule has 0 saturated carbocycles. The predicted octanol–water partition coefficient (Wildman–Crippen LogP) is -7.43. The summed E-state index contributed by atoms with van der Waals surface area (Å²) >= 11 is 0. The molecule has 3 saturated heterocycles. The molecule has 3 aliphatic rings. The first-order valence-electron chi connectivity index (χ1n) is 13.8. The van der Waals surface area contributed by atoms with E-state index in [9.17, 15) is 55.9 Å². The number of rotatable bonds is 16. The normalized spacial score (nSPS) is 43.2. The Morgan fingerprint density at radius 2 is 1.05 bits per heavy atom. The van der Waals surface area contributed by atoms with E-state index in [-0.39, 0.29) is 26.4 Å². The molecule has 11 N–H and O–H groups in total. The van der Waals surface area contributed by atoms with Crippen LogP contribution in [0.15, 0.2) is 0 Å². The number of carboxylic acids is 1. The fourth-order valence-corrected chi connectivity index (χ4v) is 4.67. The van der Waals surface area contributed by atoms with Crippen molar-refractivity contribution in [3.63, 3.8) is 0 Å². The number of hydrogen-bond acceptors (Lipinski definition) is 19. The van der Waals surface area contributed by atoms with Crippen LogP contribution in [0.4, 0.5) is 0 Å². The van der Waals surface area contributed by atoms with Crippen LogP contribution in [0.3, 0.4) is 0 Å². The van der Waals surface area contributed by atoms with E-state index in [4.69, 9.17) is 43.0 Å². The van der Waals surface area contributed by atoms with Crippen molar-refractivity contribution in [1.82, 2.24) is 0 Å². The van der Waals surface area contributed by atoms with E-state index >= 15 is 0 Å². The van der Waals surface area contributed by atoms with Gasteiger partial charge in [0.2, 0.25) is 0 Å². The first-order chi connectivity index (χ1) is 20.9. The predicted molar refractivity (Wildman–Crippen MR) is 134 cm³/mol. The maximum Gasteiger partial charge on any atom is 0.329 e. The van der Waals surface area contributed by atoms with E-state index in [0.717, 1.165) is 0 Å². The van der Waals surface area contributed by atoms with Crippen LogP contribution in [0.25, 0.3) is 0 Å². The fourth-order valence-electron chi connectivity index (χ4n) is 4.67. The van der Waals surface area contributed by atoms with Gasteiger partial charge < -0.3 is 94.1 Å². The van der Waals surface area contributed by atoms with Gasteiger partial charge in [-0.3, -0.25) is 0 Å². The minimum atomic E-state index is -1.88. The van der Waals surface area contributed by atoms with Crippen molar-refractivity contribution >= 4 is 5.97 Å². The lowest BCUT2D eigenvalue weighted by molar-refractivity contribution is -0.366. The largest absolute Gasteiger partial charge is 0.480 e. The van der Waals surface area contributed by atoms with Crippen molar-refractivity contribution < 1.29 is 98.9 Å². The van der Waals surface area contributed by atoms with Gasteiger partial charge in [-0.1, -0.05) is 0 Å². The lowest BCUT2D eigenvalue weighted by atomic mass is 9.96. The molecule has 3 aliphatic heterocycles. The lowest BCUT2D eigenvalue weighted by Crippen LogP contribution is -2.65. The molecule has 20 heteroatoms. The van der Waals surface area contributed by atoms with E-state index in [1.165, 1.54) is 0 Å². The summed E-state index contributed by atoms with van der Waals surface area (Å²) in [6.07, 6.45) is -24.8. The standard InChI is InChI=1S/C24H42O20/c25-5-9-13(29)16(32)18(34)22(41-9)40-7-11-15(31)21(44-24-19(35)17(33)14(30)10(6-26)42-24)20(36)23(43-11)39-4-3-37-1-2-38-8-12(27)28/h9-11,13-26,29-36H,1-8H2,(H,27,28)/t9-,10-,11-,13-,14-,15-,16+,17+,18+,19+,20+,21+,22+,23+,24-/m1/s1. The van der Waals surface area contributed by atoms with E-state index in [1.807, 2.05) is 0 Å². The Bertz CT molecular complexity index is 849. The molecule has 0 radical (unpaired) electrons. The molecule has 258 valence electrons. The van der Waals surface area contributed by atoms with Crippen LogP contribution < -0.4 is 0 Å². The number of aliphatic carboxylic acids is 1. The number of ether oxygens (including phenoxy) is 8. The van der Waals surface area contributed by atoms with E-state index in [2.05, 4.69) is 0 Å². The highest BCUT2D eigenvalue weighted by atomic mass is 16.8. The van der Waals surface area contributed by atoms with E-state index in [1.54, 1.807) is 0 Å². The van der Waals surface area contributed by atoms with Gasteiger partial charge in [-0.2, -0.15) is 0 Å². The van der Waals surface area contributed by atoms with Crippen molar-refractivity contribution in [2.24, 2.45) is 0 Å². The second kappa shape index (κ2) is 17.6. The SMILES string of the molecule is O=C(O)COCCOCCO[C@H]1O[C@H](CO[C@H]2O[C@H](CO)[C@@H](O)[C@H](O)[C@@H]2O)[C@@H](O)[C@H](O[C@H]2O[C@H](CO)[C@@H](O)[C@H](O)[C@@H]2O)[C@@H]1O. The summed E-state index contributed by atoms with van der Waals surface area (Å²) in [6, 6.07) is 0. The second-order valence-electron chi connectivity index (χ2n) is 10.3. The first-order valence-corrected chi connectivity index (χ1v) is 13.8. The number of carbonyl (C=O) groups is 1. The summed E-state index contributed by atoms with van der Waals surface area (Å²) < 4.78 is 42.9. The third-order valence-electron chi connectivity index (χ3n) is 7.16. The number of aliphatic hydroxyl groups excluding tert-OH is 10. The maximum atomic E-state index is 11.0. The second-order valence-corrected chi connectivity index (χ2v) is 10.3. The van der Waals surface area contributed by atoms with Crippen LogP contribution in [0.2, 0.25) is 0 Å². The third-order valence-corrected chi connectivity index (χ3v) is 7.16. The first kappa shape index (κ1) is 37.2. The number of carboxylic acid groups (broad SMARTS) is 1. The van der Waals surface area contributed by atoms with Gasteiger partial charge in [0.1, 0.15) is 79.9 Å². The smallest absolute Gasteiger partial charge is 0.329 e. The van der Waals surface area contributed by atoms with Crippen LogP contribution in [-0.2, 0) is 42.7 Å². The van der Waals surface area contributed by atoms with Crippen molar-refractivity contribution in [1.29, 1.82) is 0 Å². The molecule has 20 nitrogen and oxygen atoms in total. The Kier molecular flexibility index (Phi) is 14.9. The van der Waals surface area contributed by atoms with E-state index < -0.39 is 125 Å². The molecule has 15 atom stereocenters. The molecule has 0 aliphatic carbocycles. The summed E-state index contributed by atoms with van der Waals surface area (Å²) in [5.41, 5.74) is 0. The van der Waals surface area contributed by atoms with Crippen LogP contribution >= 0.6 is 0 Å². The highest BCUT2D eigenvalue weighted by Crippen LogP contribution is 2.31. The molecule has 3 fully saturated rings. The van der Waals surface area contributed by atoms with Crippen LogP contribution in [0, 0.1) is 0 Å². The van der Waals surface area contributed by atoms with Gasteiger partial charge in [-0.15, -0.1) is 0 Å². The van der Waals surface area contributed by atoms with Gasteiger partial charge in [0.25, 0.3) is 0 Å². The molecule has 0 spiro atoms. The average molecular weight is 651 g/mol. The summed E-state index contributed by atoms with van der Waals surface area (Å²) in [7, 11) is 0. The van der Waals surface area contributed by atoms with Crippen molar-refractivity contribution in [3.05, 3.63) is 0 Å². The molecule has 0 aromatic carbocycles. The molecule has 0 aromatic heterocycles. The zero-order chi connectivity index (χ0) is 32.6. The summed E-state index contributed by atoms with van der Waals surface area (Å²) in [4.78, 5) is 10.5. The summed E-state index contributed by atoms with van der Waals surface area (Å²) in [5, 5.41) is 110. The van der Waals surface area contributed by atoms with Crippen LogP contribution in [0.1, 0.15) is 0 Å². The summed E-state index contributed by atoms with van der Waals surface area (Å²) in [6.45, 7) is -2.89. The van der Waals surface area contributed by atoms with Crippen LogP contribution in [-0.4, -0.2) is 207 Å². The van der Waals surface area contributed by atoms with Gasteiger partial charge in [0.15, 0.2) is 18.9 Å². The van der Waals surface area contributed by atoms with E-state index in [0.29, 0.717) is 0 Å². The Hall–Kier alpha value is -1.25. The Balaban J connectivity index is 1.67. The van der Waals surface area contributed by atoms with Crippen molar-refractivity contribution in [2.45, 2.75) is 92.1 Å². The van der Waals surface area contributed by atoms with Gasteiger partial charge in [0.05, 0.1) is 46.2 Å². The topological polar surface area (TPSA) is 313 Å². The highest BCUT2D eigenvalue weighted by molar-refractivity contribution is 5.67. The molecule has 0 aromatic rings. The summed E-state index contributed by atoms with van der Waals surface area (Å²) in [5.74, 6) is -1.15. The maximum absolute atomic E-state index is 11.0. The average Bonchev–Trinajstić information content (AvgIpc) is 3.00. The van der Waals surface area contributed by atoms with Gasteiger partial charge in [0, 0.05) is 0 Å². The quantitative estimate of drug-likeness (QED) is 0.0691. The molecule has 44 heavy (non-hydrogen) atoms.